The number of rotatable bonds is 6. The Morgan fingerprint density at radius 2 is 2.13 bits per heavy atom. The Hall–Kier alpha value is -2.61. The lowest BCUT2D eigenvalue weighted by atomic mass is 10.0. The largest absolute Gasteiger partial charge is 0.286 e. The van der Waals surface area contributed by atoms with E-state index in [0.29, 0.717) is 11.6 Å². The summed E-state index contributed by atoms with van der Waals surface area (Å²) in [5, 5.41) is 0. The molecule has 158 valence electrons. The van der Waals surface area contributed by atoms with Gasteiger partial charge in [0.25, 0.3) is 0 Å². The molecule has 31 heavy (non-hydrogen) atoms. The first kappa shape index (κ1) is 23.1. The second-order valence-corrected chi connectivity index (χ2v) is 9.02. The average molecular weight is 521 g/mol. The lowest BCUT2D eigenvalue weighted by molar-refractivity contribution is 1.03. The molecule has 0 atom stereocenters. The molecule has 3 rings (SSSR count). The van der Waals surface area contributed by atoms with Crippen LogP contribution in [0.4, 0.5) is 5.69 Å². The Bertz CT molecular complexity index is 1140. The summed E-state index contributed by atoms with van der Waals surface area (Å²) in [6, 6.07) is 4.54. The first-order valence-electron chi connectivity index (χ1n) is 10.4. The first-order valence-corrected chi connectivity index (χ1v) is 11.5. The van der Waals surface area contributed by atoms with Crippen LogP contribution >= 0.6 is 22.6 Å². The summed E-state index contributed by atoms with van der Waals surface area (Å²) in [6.45, 7) is 13.9. The van der Waals surface area contributed by atoms with E-state index in [2.05, 4.69) is 94.4 Å². The summed E-state index contributed by atoms with van der Waals surface area (Å²) in [7, 11) is 1.79. The zero-order valence-corrected chi connectivity index (χ0v) is 20.9. The molecule has 0 amide bonds. The van der Waals surface area contributed by atoms with Crippen molar-refractivity contribution < 1.29 is 0 Å². The van der Waals surface area contributed by atoms with E-state index in [1.54, 1.807) is 7.05 Å². The molecule has 0 saturated heterocycles. The number of anilines is 1. The third kappa shape index (κ3) is 5.36. The zero-order valence-electron chi connectivity index (χ0n) is 18.7. The molecule has 0 radical (unpaired) electrons. The number of hydrogen-bond donors (Lipinski definition) is 0. The highest BCUT2D eigenvalue weighted by atomic mass is 127. The number of nitrogens with zero attached hydrogens (tertiary/aromatic N) is 3. The minimum absolute atomic E-state index is 0.576. The molecule has 0 aromatic heterocycles. The summed E-state index contributed by atoms with van der Waals surface area (Å²) in [5.74, 6) is 7.55. The van der Waals surface area contributed by atoms with E-state index >= 15 is 0 Å². The van der Waals surface area contributed by atoms with Gasteiger partial charge in [0.1, 0.15) is 11.5 Å². The van der Waals surface area contributed by atoms with E-state index in [-0.39, 0.29) is 0 Å². The Balaban J connectivity index is 2.22. The highest BCUT2D eigenvalue weighted by molar-refractivity contribution is 14.1. The monoisotopic (exact) mass is 521 g/mol. The number of aryl methyl sites for hydroxylation is 1. The highest BCUT2D eigenvalue weighted by Gasteiger charge is 2.31. The fourth-order valence-corrected chi connectivity index (χ4v) is 3.95. The van der Waals surface area contributed by atoms with Crippen LogP contribution in [-0.4, -0.2) is 19.0 Å². The quantitative estimate of drug-likeness (QED) is 0.174. The molecular weight excluding hydrogens is 493 g/mol. The van der Waals surface area contributed by atoms with Crippen LogP contribution in [0.2, 0.25) is 0 Å². The molecule has 1 aliphatic heterocycles. The smallest absolute Gasteiger partial charge is 0.141 e. The molecule has 0 unspecified atom stereocenters. The standard InChI is InChI=1S/C27H28IN3/c1-7-9-22(8-2)31(26-14-19(5)24(28)16-23(26)20-12-13-20)27-15-21(11-10-18(3)4)25(29-6)17-30-27/h11,14-17,20H,2-3,10,12-13H2,1,4-6H3/b21-11-,29-25?. The van der Waals surface area contributed by atoms with Gasteiger partial charge in [-0.1, -0.05) is 36.5 Å². The molecule has 1 aromatic carbocycles. The maximum Gasteiger partial charge on any atom is 0.141 e. The first-order chi connectivity index (χ1) is 14.9. The minimum Gasteiger partial charge on any atom is -0.286 e. The molecule has 0 bridgehead atoms. The fraction of sp³-hybridized carbons (Fsp3) is 0.296. The fourth-order valence-electron chi connectivity index (χ4n) is 3.46. The van der Waals surface area contributed by atoms with Gasteiger partial charge >= 0.3 is 0 Å². The average Bonchev–Trinajstić information content (AvgIpc) is 3.59. The van der Waals surface area contributed by atoms with E-state index in [1.807, 2.05) is 20.1 Å². The maximum absolute atomic E-state index is 4.77. The van der Waals surface area contributed by atoms with Crippen molar-refractivity contribution in [3.8, 4) is 11.8 Å². The molecule has 1 fully saturated rings. The number of benzene rings is 1. The Morgan fingerprint density at radius 3 is 2.71 bits per heavy atom. The van der Waals surface area contributed by atoms with Crippen LogP contribution in [-0.2, 0) is 0 Å². The second kappa shape index (κ2) is 10.1. The normalized spacial score (nSPS) is 17.6. The predicted molar refractivity (Wildman–Crippen MR) is 142 cm³/mol. The van der Waals surface area contributed by atoms with Gasteiger partial charge in [-0.15, -0.1) is 0 Å². The van der Waals surface area contributed by atoms with E-state index in [9.17, 15) is 0 Å². The van der Waals surface area contributed by atoms with Crippen molar-refractivity contribution >= 4 is 40.2 Å². The zero-order chi connectivity index (χ0) is 22.5. The molecule has 3 nitrogen and oxygen atoms in total. The van der Waals surface area contributed by atoms with Crippen molar-refractivity contribution in [2.75, 3.05) is 11.9 Å². The van der Waals surface area contributed by atoms with Crippen molar-refractivity contribution in [3.63, 3.8) is 0 Å². The van der Waals surface area contributed by atoms with Crippen LogP contribution in [0.5, 0.6) is 0 Å². The maximum atomic E-state index is 4.77. The van der Waals surface area contributed by atoms with Gasteiger partial charge < -0.3 is 0 Å². The van der Waals surface area contributed by atoms with Gasteiger partial charge in [-0.05, 0) is 104 Å². The molecule has 1 aliphatic carbocycles. The van der Waals surface area contributed by atoms with Gasteiger partial charge in [0, 0.05) is 16.2 Å². The van der Waals surface area contributed by atoms with Crippen molar-refractivity contribution in [2.24, 2.45) is 9.98 Å². The van der Waals surface area contributed by atoms with Gasteiger partial charge in [0.05, 0.1) is 17.6 Å². The summed E-state index contributed by atoms with van der Waals surface area (Å²) in [4.78, 5) is 11.3. The SMILES string of the molecule is C=C=C(C#CC)N(C1=C/C(=C/CC(=C)C)C(=NC)C=N1)c1cc(C)c(I)cc1C1CC1. The minimum atomic E-state index is 0.576. The third-order valence-corrected chi connectivity index (χ3v) is 6.40. The molecule has 1 aromatic rings. The second-order valence-electron chi connectivity index (χ2n) is 7.86. The van der Waals surface area contributed by atoms with Crippen molar-refractivity contribution in [2.45, 2.75) is 46.0 Å². The van der Waals surface area contributed by atoms with Crippen LogP contribution in [0.3, 0.4) is 0 Å². The van der Waals surface area contributed by atoms with Gasteiger partial charge in [-0.3, -0.25) is 9.89 Å². The molecule has 0 N–H and O–H groups in total. The van der Waals surface area contributed by atoms with Gasteiger partial charge in [0.2, 0.25) is 0 Å². The van der Waals surface area contributed by atoms with Crippen LogP contribution in [0.15, 0.2) is 75.8 Å². The third-order valence-electron chi connectivity index (χ3n) is 5.24. The van der Waals surface area contributed by atoms with Crippen molar-refractivity contribution in [1.82, 2.24) is 0 Å². The molecule has 0 spiro atoms. The van der Waals surface area contributed by atoms with E-state index in [4.69, 9.17) is 4.99 Å². The summed E-state index contributed by atoms with van der Waals surface area (Å²) in [5.41, 5.74) is 10.4. The summed E-state index contributed by atoms with van der Waals surface area (Å²) >= 11 is 2.42. The van der Waals surface area contributed by atoms with Crippen LogP contribution in [0.25, 0.3) is 0 Å². The molecule has 2 aliphatic rings. The number of allylic oxidation sites excluding steroid dienone is 5. The lowest BCUT2D eigenvalue weighted by Gasteiger charge is -2.28. The Labute approximate surface area is 199 Å². The summed E-state index contributed by atoms with van der Waals surface area (Å²) in [6.07, 6.45) is 9.27. The van der Waals surface area contributed by atoms with E-state index in [1.165, 1.54) is 27.5 Å². The van der Waals surface area contributed by atoms with Crippen molar-refractivity contribution in [1.29, 1.82) is 0 Å². The topological polar surface area (TPSA) is 28.0 Å². The van der Waals surface area contributed by atoms with Gasteiger partial charge in [-0.2, -0.15) is 0 Å². The molecule has 4 heteroatoms. The van der Waals surface area contributed by atoms with Crippen LogP contribution < -0.4 is 4.90 Å². The number of hydrogen-bond acceptors (Lipinski definition) is 3. The van der Waals surface area contributed by atoms with Gasteiger partial charge in [0.15, 0.2) is 0 Å². The van der Waals surface area contributed by atoms with E-state index < -0.39 is 0 Å². The summed E-state index contributed by atoms with van der Waals surface area (Å²) < 4.78 is 1.28. The van der Waals surface area contributed by atoms with Crippen molar-refractivity contribution in [3.05, 3.63) is 80.5 Å². The molecule has 1 saturated carbocycles. The number of halogens is 1. The van der Waals surface area contributed by atoms with Crippen LogP contribution in [0, 0.1) is 22.3 Å². The van der Waals surface area contributed by atoms with E-state index in [0.717, 1.165) is 34.8 Å². The molecular formula is C27H28IN3. The lowest BCUT2D eigenvalue weighted by Crippen LogP contribution is -2.24. The predicted octanol–water partition coefficient (Wildman–Crippen LogP) is 6.86. The Kier molecular flexibility index (Phi) is 7.54. The Morgan fingerprint density at radius 1 is 1.39 bits per heavy atom. The highest BCUT2D eigenvalue weighted by Crippen LogP contribution is 2.47. The van der Waals surface area contributed by atoms with Gasteiger partial charge in [-0.25, -0.2) is 4.99 Å². The molecule has 1 heterocycles. The number of aliphatic imine (C=N–C) groups is 2. The van der Waals surface area contributed by atoms with Crippen LogP contribution in [0.1, 0.15) is 50.2 Å².